The fourth-order valence-electron chi connectivity index (χ4n) is 2.69. The molecule has 2 N–H and O–H groups in total. The number of rotatable bonds is 2. The summed E-state index contributed by atoms with van der Waals surface area (Å²) >= 11 is 0. The molecule has 1 heterocycles. The lowest BCUT2D eigenvalue weighted by Gasteiger charge is -2.48. The zero-order chi connectivity index (χ0) is 10.2. The van der Waals surface area contributed by atoms with Crippen LogP contribution in [0.3, 0.4) is 0 Å². The smallest absolute Gasteiger partial charge is 0.223 e. The third-order valence-corrected chi connectivity index (χ3v) is 4.02. The number of carbonyl (C=O) groups is 1. The molecule has 2 aliphatic rings. The van der Waals surface area contributed by atoms with Crippen LogP contribution in [0.4, 0.5) is 0 Å². The van der Waals surface area contributed by atoms with Gasteiger partial charge in [-0.3, -0.25) is 4.79 Å². The van der Waals surface area contributed by atoms with Gasteiger partial charge < -0.3 is 10.6 Å². The van der Waals surface area contributed by atoms with Crippen molar-refractivity contribution in [2.45, 2.75) is 45.1 Å². The molecule has 0 aromatic rings. The molecular weight excluding hydrogens is 176 g/mol. The number of amides is 1. The van der Waals surface area contributed by atoms with Gasteiger partial charge in [0.25, 0.3) is 0 Å². The van der Waals surface area contributed by atoms with Gasteiger partial charge in [-0.2, -0.15) is 0 Å². The average molecular weight is 196 g/mol. The van der Waals surface area contributed by atoms with Gasteiger partial charge in [-0.05, 0) is 31.6 Å². The van der Waals surface area contributed by atoms with E-state index in [1.54, 1.807) is 0 Å². The highest BCUT2D eigenvalue weighted by molar-refractivity contribution is 5.78. The van der Waals surface area contributed by atoms with Crippen molar-refractivity contribution in [1.29, 1.82) is 0 Å². The Morgan fingerprint density at radius 3 is 2.64 bits per heavy atom. The lowest BCUT2D eigenvalue weighted by molar-refractivity contribution is -0.143. The van der Waals surface area contributed by atoms with E-state index >= 15 is 0 Å². The maximum atomic E-state index is 11.9. The minimum atomic E-state index is 0.222. The maximum Gasteiger partial charge on any atom is 0.223 e. The van der Waals surface area contributed by atoms with Crippen LogP contribution in [0.2, 0.25) is 0 Å². The molecule has 2 fully saturated rings. The number of carbonyl (C=O) groups excluding carboxylic acids is 1. The summed E-state index contributed by atoms with van der Waals surface area (Å²) in [5.74, 6) is 0.328. The van der Waals surface area contributed by atoms with Gasteiger partial charge in [-0.25, -0.2) is 0 Å². The molecule has 3 nitrogen and oxygen atoms in total. The molecular formula is C11H20N2O. The van der Waals surface area contributed by atoms with Gasteiger partial charge in [0, 0.05) is 25.6 Å². The molecule has 1 saturated carbocycles. The number of piperidine rings is 1. The summed E-state index contributed by atoms with van der Waals surface area (Å²) in [6.07, 6.45) is 5.83. The van der Waals surface area contributed by atoms with Crippen molar-refractivity contribution in [1.82, 2.24) is 4.90 Å². The number of nitrogens with two attached hydrogens (primary N) is 1. The zero-order valence-corrected chi connectivity index (χ0v) is 8.96. The second-order valence-corrected chi connectivity index (χ2v) is 4.95. The standard InChI is InChI=1S/C11H20N2O/c1-9(8-12)13-6-5-11(3-2-4-11)7-10(13)14/h9H,2-8,12H2,1H3. The lowest BCUT2D eigenvalue weighted by atomic mass is 9.63. The predicted octanol–water partition coefficient (Wildman–Crippen LogP) is 1.13. The normalized spacial score (nSPS) is 27.6. The summed E-state index contributed by atoms with van der Waals surface area (Å²) in [6.45, 7) is 3.55. The van der Waals surface area contributed by atoms with Crippen LogP contribution in [-0.2, 0) is 4.79 Å². The van der Waals surface area contributed by atoms with E-state index in [1.807, 2.05) is 11.8 Å². The Morgan fingerprint density at radius 2 is 2.21 bits per heavy atom. The molecule has 1 aliphatic carbocycles. The number of likely N-dealkylation sites (tertiary alicyclic amines) is 1. The van der Waals surface area contributed by atoms with Crippen molar-refractivity contribution < 1.29 is 4.79 Å². The molecule has 0 bridgehead atoms. The SMILES string of the molecule is CC(CN)N1CCC2(CCC2)CC1=O. The highest BCUT2D eigenvalue weighted by Crippen LogP contribution is 2.49. The van der Waals surface area contributed by atoms with Gasteiger partial charge >= 0.3 is 0 Å². The fourth-order valence-corrected chi connectivity index (χ4v) is 2.69. The highest BCUT2D eigenvalue weighted by Gasteiger charge is 2.43. The van der Waals surface area contributed by atoms with Crippen molar-refractivity contribution in [3.05, 3.63) is 0 Å². The largest absolute Gasteiger partial charge is 0.339 e. The van der Waals surface area contributed by atoms with Gasteiger partial charge in [0.2, 0.25) is 5.91 Å². The molecule has 0 radical (unpaired) electrons. The van der Waals surface area contributed by atoms with E-state index < -0.39 is 0 Å². The molecule has 2 rings (SSSR count). The second kappa shape index (κ2) is 3.54. The minimum Gasteiger partial charge on any atom is -0.339 e. The van der Waals surface area contributed by atoms with Gasteiger partial charge in [-0.15, -0.1) is 0 Å². The van der Waals surface area contributed by atoms with Crippen LogP contribution >= 0.6 is 0 Å². The van der Waals surface area contributed by atoms with Crippen LogP contribution in [0.5, 0.6) is 0 Å². The van der Waals surface area contributed by atoms with E-state index in [0.717, 1.165) is 13.0 Å². The number of nitrogens with zero attached hydrogens (tertiary/aromatic N) is 1. The Morgan fingerprint density at radius 1 is 1.50 bits per heavy atom. The van der Waals surface area contributed by atoms with E-state index in [9.17, 15) is 4.79 Å². The summed E-state index contributed by atoms with van der Waals surface area (Å²) in [7, 11) is 0. The molecule has 1 atom stereocenters. The monoisotopic (exact) mass is 196 g/mol. The summed E-state index contributed by atoms with van der Waals surface area (Å²) in [5, 5.41) is 0. The Bertz CT molecular complexity index is 235. The molecule has 1 spiro atoms. The van der Waals surface area contributed by atoms with Crippen molar-refractivity contribution in [2.24, 2.45) is 11.1 Å². The molecule has 1 amide bonds. The fraction of sp³-hybridized carbons (Fsp3) is 0.909. The molecule has 1 saturated heterocycles. The van der Waals surface area contributed by atoms with Crippen molar-refractivity contribution in [3.8, 4) is 0 Å². The lowest BCUT2D eigenvalue weighted by Crippen LogP contribution is -2.51. The highest BCUT2D eigenvalue weighted by atomic mass is 16.2. The van der Waals surface area contributed by atoms with E-state index in [2.05, 4.69) is 0 Å². The average Bonchev–Trinajstić information content (AvgIpc) is 2.14. The third-order valence-electron chi connectivity index (χ3n) is 4.02. The van der Waals surface area contributed by atoms with E-state index in [4.69, 9.17) is 5.73 Å². The van der Waals surface area contributed by atoms with Gasteiger partial charge in [0.05, 0.1) is 0 Å². The molecule has 0 aromatic heterocycles. The van der Waals surface area contributed by atoms with Gasteiger partial charge in [0.1, 0.15) is 0 Å². The third kappa shape index (κ3) is 1.54. The van der Waals surface area contributed by atoms with E-state index in [1.165, 1.54) is 25.7 Å². The van der Waals surface area contributed by atoms with Gasteiger partial charge in [0.15, 0.2) is 0 Å². The summed E-state index contributed by atoms with van der Waals surface area (Å²) in [4.78, 5) is 13.8. The Hall–Kier alpha value is -0.570. The minimum absolute atomic E-state index is 0.222. The zero-order valence-electron chi connectivity index (χ0n) is 8.96. The van der Waals surface area contributed by atoms with Crippen LogP contribution in [0.1, 0.15) is 39.0 Å². The van der Waals surface area contributed by atoms with Crippen molar-refractivity contribution in [2.75, 3.05) is 13.1 Å². The second-order valence-electron chi connectivity index (χ2n) is 4.95. The van der Waals surface area contributed by atoms with Crippen molar-refractivity contribution in [3.63, 3.8) is 0 Å². The molecule has 80 valence electrons. The van der Waals surface area contributed by atoms with Crippen LogP contribution in [-0.4, -0.2) is 29.9 Å². The number of hydrogen-bond donors (Lipinski definition) is 1. The Kier molecular flexibility index (Phi) is 2.52. The molecule has 1 unspecified atom stereocenters. The van der Waals surface area contributed by atoms with Crippen LogP contribution in [0.25, 0.3) is 0 Å². The maximum absolute atomic E-state index is 11.9. The molecule has 14 heavy (non-hydrogen) atoms. The van der Waals surface area contributed by atoms with E-state index in [0.29, 0.717) is 17.9 Å². The Balaban J connectivity index is 1.96. The van der Waals surface area contributed by atoms with Crippen LogP contribution < -0.4 is 5.73 Å². The first-order valence-electron chi connectivity index (χ1n) is 5.66. The predicted molar refractivity (Wildman–Crippen MR) is 55.7 cm³/mol. The molecule has 0 aromatic carbocycles. The summed E-state index contributed by atoms with van der Waals surface area (Å²) in [5.41, 5.74) is 5.99. The first-order chi connectivity index (χ1) is 6.67. The summed E-state index contributed by atoms with van der Waals surface area (Å²) in [6, 6.07) is 0.222. The first kappa shape index (κ1) is 9.97. The van der Waals surface area contributed by atoms with Crippen LogP contribution in [0.15, 0.2) is 0 Å². The van der Waals surface area contributed by atoms with Crippen LogP contribution in [0, 0.1) is 5.41 Å². The van der Waals surface area contributed by atoms with Gasteiger partial charge in [-0.1, -0.05) is 6.42 Å². The van der Waals surface area contributed by atoms with E-state index in [-0.39, 0.29) is 6.04 Å². The topological polar surface area (TPSA) is 46.3 Å². The molecule has 3 heteroatoms. The van der Waals surface area contributed by atoms with Crippen molar-refractivity contribution >= 4 is 5.91 Å². The molecule has 1 aliphatic heterocycles. The Labute approximate surface area is 85.6 Å². The quantitative estimate of drug-likeness (QED) is 0.719. The summed E-state index contributed by atoms with van der Waals surface area (Å²) < 4.78 is 0. The first-order valence-corrected chi connectivity index (χ1v) is 5.66. The number of hydrogen-bond acceptors (Lipinski definition) is 2.